The van der Waals surface area contributed by atoms with E-state index in [1.807, 2.05) is 66.7 Å². The predicted molar refractivity (Wildman–Crippen MR) is 292 cm³/mol. The van der Waals surface area contributed by atoms with Gasteiger partial charge in [-0.1, -0.05) is 176 Å². The van der Waals surface area contributed by atoms with E-state index in [0.29, 0.717) is 29.1 Å². The van der Waals surface area contributed by atoms with E-state index in [-0.39, 0.29) is 0 Å². The van der Waals surface area contributed by atoms with Crippen molar-refractivity contribution in [1.29, 1.82) is 0 Å². The zero-order valence-corrected chi connectivity index (χ0v) is 38.6. The largest absolute Gasteiger partial charge is 0.434 e. The van der Waals surface area contributed by atoms with Gasteiger partial charge in [-0.3, -0.25) is 4.57 Å². The smallest absolute Gasteiger partial charge is 0.238 e. The molecule has 0 amide bonds. The highest BCUT2D eigenvalue weighted by molar-refractivity contribution is 6.24. The number of nitrogens with zero attached hydrogens (tertiary/aromatic N) is 7. The van der Waals surface area contributed by atoms with Crippen molar-refractivity contribution in [3.8, 4) is 62.7 Å². The van der Waals surface area contributed by atoms with Gasteiger partial charge in [0.2, 0.25) is 11.8 Å². The highest BCUT2D eigenvalue weighted by atomic mass is 16.3. The fourth-order valence-corrected chi connectivity index (χ4v) is 10.9. The highest BCUT2D eigenvalue weighted by Gasteiger charge is 2.25. The number of fused-ring (bicyclic) bond motifs is 11. The average Bonchev–Trinajstić information content (AvgIpc) is 4.22. The lowest BCUT2D eigenvalue weighted by Gasteiger charge is -2.13. The minimum absolute atomic E-state index is 0.527. The summed E-state index contributed by atoms with van der Waals surface area (Å²) in [6.07, 6.45) is 0. The van der Waals surface area contributed by atoms with Crippen molar-refractivity contribution in [3.63, 3.8) is 0 Å². The molecule has 8 heteroatoms. The molecule has 10 aromatic carbocycles. The number of rotatable bonds is 7. The molecule has 5 heterocycles. The molecule has 336 valence electrons. The second kappa shape index (κ2) is 15.8. The van der Waals surface area contributed by atoms with Crippen LogP contribution < -0.4 is 0 Å². The molecule has 0 aliphatic rings. The van der Waals surface area contributed by atoms with E-state index in [1.165, 1.54) is 21.9 Å². The number of benzene rings is 10. The minimum Gasteiger partial charge on any atom is -0.434 e. The van der Waals surface area contributed by atoms with Gasteiger partial charge in [-0.05, 0) is 71.8 Å². The molecule has 5 aromatic heterocycles. The van der Waals surface area contributed by atoms with Crippen LogP contribution in [0.5, 0.6) is 0 Å². The maximum atomic E-state index is 6.98. The van der Waals surface area contributed by atoms with Crippen LogP contribution in [0.3, 0.4) is 0 Å². The second-order valence-electron chi connectivity index (χ2n) is 18.2. The third-order valence-electron chi connectivity index (χ3n) is 14.1. The van der Waals surface area contributed by atoms with Crippen molar-refractivity contribution in [2.45, 2.75) is 0 Å². The molecule has 0 unspecified atom stereocenters. The monoisotopic (exact) mass is 921 g/mol. The van der Waals surface area contributed by atoms with Gasteiger partial charge in [-0.15, -0.1) is 0 Å². The Morgan fingerprint density at radius 2 is 0.792 bits per heavy atom. The molecule has 8 nitrogen and oxygen atoms in total. The molecule has 15 aromatic rings. The van der Waals surface area contributed by atoms with Crippen molar-refractivity contribution in [2.75, 3.05) is 0 Å². The van der Waals surface area contributed by atoms with Gasteiger partial charge in [0.05, 0.1) is 38.8 Å². The summed E-state index contributed by atoms with van der Waals surface area (Å²) in [6.45, 7) is 0. The zero-order valence-electron chi connectivity index (χ0n) is 38.6. The Kier molecular flexibility index (Phi) is 8.79. The summed E-state index contributed by atoms with van der Waals surface area (Å²) >= 11 is 0. The van der Waals surface area contributed by atoms with E-state index in [0.717, 1.165) is 88.2 Å². The summed E-state index contributed by atoms with van der Waals surface area (Å²) < 4.78 is 13.9. The van der Waals surface area contributed by atoms with Crippen LogP contribution in [0.25, 0.3) is 139 Å². The maximum Gasteiger partial charge on any atom is 0.238 e. The van der Waals surface area contributed by atoms with Crippen molar-refractivity contribution < 1.29 is 4.42 Å². The third kappa shape index (κ3) is 6.12. The van der Waals surface area contributed by atoms with E-state index in [1.54, 1.807) is 0 Å². The van der Waals surface area contributed by atoms with Crippen LogP contribution >= 0.6 is 0 Å². The quantitative estimate of drug-likeness (QED) is 0.159. The molecule has 0 N–H and O–H groups in total. The Hall–Kier alpha value is -9.92. The maximum absolute atomic E-state index is 6.98. The van der Waals surface area contributed by atoms with E-state index >= 15 is 0 Å². The highest BCUT2D eigenvalue weighted by Crippen LogP contribution is 2.43. The SMILES string of the molecule is c1ccc(-c2ccc3c4ccccc4n(-c4ccc(-c5nc6cccc(-n7c8ccccc8c8ccc9c%10ccccc%10n(-c%10nc(-c%11ccccc%11)nc(-c%11ccccc%11)n%10)c9c87)c6o5)cc4)c3c2)cc1. The zero-order chi connectivity index (χ0) is 47.3. The number of para-hydroxylation sites is 4. The first-order valence-corrected chi connectivity index (χ1v) is 24.1. The van der Waals surface area contributed by atoms with Crippen LogP contribution in [-0.4, -0.2) is 33.6 Å². The standard InChI is InChI=1S/C64H39N7O/c1-4-17-40(18-5-1)44-33-36-49-46-23-10-13-27-53(46)69(57(49)39-44)45-34-31-43(32-35-45)63-65-52-26-16-30-56(60(52)72-63)70-54-28-14-11-24-47(54)50-37-38-51-48-25-12-15-29-55(48)71(59(51)58(50)70)64-67-61(41-19-6-2-7-20-41)66-62(68-64)42-21-8-3-9-22-42/h1-39H. The van der Waals surface area contributed by atoms with Crippen LogP contribution in [-0.2, 0) is 0 Å². The second-order valence-corrected chi connectivity index (χ2v) is 18.2. The minimum atomic E-state index is 0.527. The molecule has 0 saturated carbocycles. The van der Waals surface area contributed by atoms with E-state index in [9.17, 15) is 0 Å². The first-order valence-electron chi connectivity index (χ1n) is 24.1. The topological polar surface area (TPSA) is 79.5 Å². The van der Waals surface area contributed by atoms with Crippen molar-refractivity contribution in [3.05, 3.63) is 237 Å². The van der Waals surface area contributed by atoms with Gasteiger partial charge in [-0.25, -0.2) is 9.97 Å². The van der Waals surface area contributed by atoms with Crippen LogP contribution in [0.1, 0.15) is 0 Å². The molecule has 0 aliphatic carbocycles. The molecular formula is C64H39N7O. The number of hydrogen-bond donors (Lipinski definition) is 0. The first kappa shape index (κ1) is 40.0. The number of oxazole rings is 1. The Balaban J connectivity index is 0.928. The Morgan fingerprint density at radius 1 is 0.306 bits per heavy atom. The van der Waals surface area contributed by atoms with Gasteiger partial charge in [0, 0.05) is 54.7 Å². The molecule has 0 spiro atoms. The molecule has 0 radical (unpaired) electrons. The third-order valence-corrected chi connectivity index (χ3v) is 14.1. The lowest BCUT2D eigenvalue weighted by atomic mass is 10.0. The Labute approximate surface area is 412 Å². The van der Waals surface area contributed by atoms with Gasteiger partial charge in [-0.2, -0.15) is 9.97 Å². The Morgan fingerprint density at radius 3 is 1.42 bits per heavy atom. The Bertz CT molecular complexity index is 4550. The molecule has 0 saturated heterocycles. The normalized spacial score (nSPS) is 11.9. The van der Waals surface area contributed by atoms with Crippen LogP contribution in [0.15, 0.2) is 241 Å². The summed E-state index contributed by atoms with van der Waals surface area (Å²) in [5.74, 6) is 2.26. The van der Waals surface area contributed by atoms with Gasteiger partial charge in [0.15, 0.2) is 17.2 Å². The number of aromatic nitrogens is 7. The molecule has 0 bridgehead atoms. The van der Waals surface area contributed by atoms with Crippen molar-refractivity contribution in [1.82, 2.24) is 33.6 Å². The summed E-state index contributed by atoms with van der Waals surface area (Å²) in [5.41, 5.74) is 14.8. The fourth-order valence-electron chi connectivity index (χ4n) is 10.9. The van der Waals surface area contributed by atoms with E-state index in [4.69, 9.17) is 24.4 Å². The van der Waals surface area contributed by atoms with Gasteiger partial charge >= 0.3 is 0 Å². The van der Waals surface area contributed by atoms with Gasteiger partial charge < -0.3 is 13.6 Å². The fraction of sp³-hybridized carbons (Fsp3) is 0. The lowest BCUT2D eigenvalue weighted by Crippen LogP contribution is -2.07. The van der Waals surface area contributed by atoms with Gasteiger partial charge in [0.1, 0.15) is 5.52 Å². The predicted octanol–water partition coefficient (Wildman–Crippen LogP) is 16.0. The lowest BCUT2D eigenvalue weighted by molar-refractivity contribution is 0.618. The molecule has 0 fully saturated rings. The molecular weight excluding hydrogens is 883 g/mol. The molecule has 72 heavy (non-hydrogen) atoms. The summed E-state index contributed by atoms with van der Waals surface area (Å²) in [7, 11) is 0. The summed E-state index contributed by atoms with van der Waals surface area (Å²) in [6, 6.07) is 82.6. The summed E-state index contributed by atoms with van der Waals surface area (Å²) in [4.78, 5) is 20.8. The van der Waals surface area contributed by atoms with E-state index < -0.39 is 0 Å². The number of hydrogen-bond acceptors (Lipinski definition) is 5. The first-order chi connectivity index (χ1) is 35.7. The van der Waals surface area contributed by atoms with Crippen LogP contribution in [0.4, 0.5) is 0 Å². The van der Waals surface area contributed by atoms with E-state index in [2.05, 4.69) is 184 Å². The molecule has 15 rings (SSSR count). The van der Waals surface area contributed by atoms with Crippen molar-refractivity contribution >= 4 is 76.5 Å². The molecule has 0 aliphatic heterocycles. The van der Waals surface area contributed by atoms with Crippen LogP contribution in [0, 0.1) is 0 Å². The van der Waals surface area contributed by atoms with Gasteiger partial charge in [0.25, 0.3) is 0 Å². The summed E-state index contributed by atoms with van der Waals surface area (Å²) in [5, 5.41) is 6.81. The molecule has 0 atom stereocenters. The van der Waals surface area contributed by atoms with Crippen molar-refractivity contribution in [2.24, 2.45) is 0 Å². The average molecular weight is 922 g/mol. The van der Waals surface area contributed by atoms with Crippen LogP contribution in [0.2, 0.25) is 0 Å².